The van der Waals surface area contributed by atoms with Crippen molar-refractivity contribution in [2.45, 2.75) is 64.3 Å². The van der Waals surface area contributed by atoms with Gasteiger partial charge in [0.1, 0.15) is 23.9 Å². The quantitative estimate of drug-likeness (QED) is 0.249. The molecule has 2 aliphatic heterocycles. The number of aromatic nitrogens is 2. The van der Waals surface area contributed by atoms with E-state index in [0.29, 0.717) is 44.8 Å². The fourth-order valence-corrected chi connectivity index (χ4v) is 7.28. The molecular formula is C33H44Cl2N6O4. The Hall–Kier alpha value is -3.18. The number of nitrogens with one attached hydrogen (secondary N) is 2. The SMILES string of the molecule is COc1cc(Nc2ncc(OCc3c(Cl)c(OC)cc(OC)c3Cl)cn2)ccc1N1CCN(C2CC(C)(C)NC(C)(C)C2)CC1. The van der Waals surface area contributed by atoms with E-state index >= 15 is 0 Å². The van der Waals surface area contributed by atoms with Crippen LogP contribution in [0.3, 0.4) is 0 Å². The molecule has 0 bridgehead atoms. The largest absolute Gasteiger partial charge is 0.495 e. The number of piperidine rings is 1. The van der Waals surface area contributed by atoms with Crippen molar-refractivity contribution in [3.05, 3.63) is 52.3 Å². The van der Waals surface area contributed by atoms with Crippen LogP contribution in [0.5, 0.6) is 23.0 Å². The Morgan fingerprint density at radius 2 is 1.42 bits per heavy atom. The molecule has 0 radical (unpaired) electrons. The lowest BCUT2D eigenvalue weighted by Crippen LogP contribution is -2.63. The molecule has 0 unspecified atom stereocenters. The number of anilines is 3. The van der Waals surface area contributed by atoms with E-state index in [2.05, 4.69) is 64.2 Å². The van der Waals surface area contributed by atoms with Gasteiger partial charge in [0.05, 0.1) is 49.5 Å². The molecule has 2 aliphatic rings. The number of rotatable bonds is 10. The highest BCUT2D eigenvalue weighted by atomic mass is 35.5. The number of halogens is 2. The molecule has 5 rings (SSSR count). The fourth-order valence-electron chi connectivity index (χ4n) is 6.67. The molecule has 2 aromatic carbocycles. The van der Waals surface area contributed by atoms with E-state index in [1.807, 2.05) is 12.1 Å². The highest BCUT2D eigenvalue weighted by molar-refractivity contribution is 6.37. The minimum absolute atomic E-state index is 0.0854. The van der Waals surface area contributed by atoms with Gasteiger partial charge < -0.3 is 34.5 Å². The second-order valence-electron chi connectivity index (χ2n) is 12.9. The third-order valence-corrected chi connectivity index (χ3v) is 9.28. The third-order valence-electron chi connectivity index (χ3n) is 8.45. The highest BCUT2D eigenvalue weighted by Gasteiger charge is 2.40. The maximum atomic E-state index is 6.46. The maximum absolute atomic E-state index is 6.46. The normalized spacial score (nSPS) is 18.4. The second-order valence-corrected chi connectivity index (χ2v) is 13.7. The van der Waals surface area contributed by atoms with Gasteiger partial charge in [-0.3, -0.25) is 4.90 Å². The number of methoxy groups -OCH3 is 3. The average Bonchev–Trinajstić information content (AvgIpc) is 3.00. The van der Waals surface area contributed by atoms with Crippen LogP contribution < -0.4 is 34.5 Å². The van der Waals surface area contributed by atoms with Crippen molar-refractivity contribution in [1.82, 2.24) is 20.2 Å². The Morgan fingerprint density at radius 3 is 1.98 bits per heavy atom. The Labute approximate surface area is 276 Å². The van der Waals surface area contributed by atoms with Gasteiger partial charge in [-0.2, -0.15) is 0 Å². The first kappa shape index (κ1) is 33.2. The van der Waals surface area contributed by atoms with Gasteiger partial charge >= 0.3 is 0 Å². The van der Waals surface area contributed by atoms with E-state index in [0.717, 1.165) is 56.1 Å². The molecule has 0 amide bonds. The van der Waals surface area contributed by atoms with E-state index in [1.165, 1.54) is 14.2 Å². The van der Waals surface area contributed by atoms with E-state index in [9.17, 15) is 0 Å². The van der Waals surface area contributed by atoms with E-state index in [1.54, 1.807) is 25.6 Å². The van der Waals surface area contributed by atoms with Crippen LogP contribution in [0, 0.1) is 0 Å². The fraction of sp³-hybridized carbons (Fsp3) is 0.515. The zero-order valence-corrected chi connectivity index (χ0v) is 28.7. The third kappa shape index (κ3) is 7.80. The number of piperazine rings is 1. The lowest BCUT2D eigenvalue weighted by Gasteiger charge is -2.51. The van der Waals surface area contributed by atoms with Crippen molar-refractivity contribution < 1.29 is 18.9 Å². The van der Waals surface area contributed by atoms with Gasteiger partial charge in [-0.1, -0.05) is 23.2 Å². The lowest BCUT2D eigenvalue weighted by atomic mass is 9.79. The Kier molecular flexibility index (Phi) is 10.1. The number of nitrogens with zero attached hydrogens (tertiary/aromatic N) is 4. The van der Waals surface area contributed by atoms with Gasteiger partial charge in [0.25, 0.3) is 0 Å². The summed E-state index contributed by atoms with van der Waals surface area (Å²) in [5.41, 5.74) is 2.74. The molecule has 3 aromatic rings. The molecule has 0 atom stereocenters. The van der Waals surface area contributed by atoms with Crippen molar-refractivity contribution in [2.24, 2.45) is 0 Å². The van der Waals surface area contributed by atoms with Crippen LogP contribution in [0.15, 0.2) is 36.7 Å². The van der Waals surface area contributed by atoms with Crippen LogP contribution in [0.25, 0.3) is 0 Å². The summed E-state index contributed by atoms with van der Waals surface area (Å²) < 4.78 is 22.4. The van der Waals surface area contributed by atoms with Crippen LogP contribution >= 0.6 is 23.2 Å². The minimum atomic E-state index is 0.0854. The summed E-state index contributed by atoms with van der Waals surface area (Å²) in [5, 5.41) is 7.78. The first-order valence-corrected chi connectivity index (χ1v) is 15.9. The van der Waals surface area contributed by atoms with Crippen molar-refractivity contribution in [3.63, 3.8) is 0 Å². The summed E-state index contributed by atoms with van der Waals surface area (Å²) in [7, 11) is 4.76. The van der Waals surface area contributed by atoms with Crippen LogP contribution in [-0.2, 0) is 6.61 Å². The first-order valence-electron chi connectivity index (χ1n) is 15.2. The van der Waals surface area contributed by atoms with Gasteiger partial charge in [-0.15, -0.1) is 0 Å². The monoisotopic (exact) mass is 658 g/mol. The van der Waals surface area contributed by atoms with Gasteiger partial charge in [0.2, 0.25) is 5.95 Å². The molecule has 244 valence electrons. The molecule has 2 saturated heterocycles. The summed E-state index contributed by atoms with van der Waals surface area (Å²) >= 11 is 12.9. The van der Waals surface area contributed by atoms with Crippen molar-refractivity contribution in [1.29, 1.82) is 0 Å². The van der Waals surface area contributed by atoms with Crippen molar-refractivity contribution in [2.75, 3.05) is 57.7 Å². The number of benzene rings is 2. The average molecular weight is 660 g/mol. The summed E-state index contributed by atoms with van der Waals surface area (Å²) in [6, 6.07) is 8.32. The molecule has 2 N–H and O–H groups in total. The van der Waals surface area contributed by atoms with Crippen LogP contribution in [-0.4, -0.2) is 79.5 Å². The molecule has 0 aliphatic carbocycles. The molecule has 10 nitrogen and oxygen atoms in total. The summed E-state index contributed by atoms with van der Waals surface area (Å²) in [4.78, 5) is 13.9. The van der Waals surface area contributed by atoms with Gasteiger partial charge in [-0.05, 0) is 52.7 Å². The minimum Gasteiger partial charge on any atom is -0.495 e. The smallest absolute Gasteiger partial charge is 0.227 e. The van der Waals surface area contributed by atoms with Gasteiger partial charge in [0.15, 0.2) is 5.75 Å². The Morgan fingerprint density at radius 1 is 0.844 bits per heavy atom. The maximum Gasteiger partial charge on any atom is 0.227 e. The number of ether oxygens (including phenoxy) is 4. The predicted molar refractivity (Wildman–Crippen MR) is 180 cm³/mol. The van der Waals surface area contributed by atoms with Gasteiger partial charge in [-0.25, -0.2) is 9.97 Å². The Bertz CT molecular complexity index is 1430. The van der Waals surface area contributed by atoms with Crippen LogP contribution in [0.4, 0.5) is 17.3 Å². The number of hydrogen-bond acceptors (Lipinski definition) is 10. The summed E-state index contributed by atoms with van der Waals surface area (Å²) in [6.07, 6.45) is 5.50. The highest BCUT2D eigenvalue weighted by Crippen LogP contribution is 2.41. The molecule has 0 saturated carbocycles. The second kappa shape index (κ2) is 13.7. The van der Waals surface area contributed by atoms with E-state index in [4.69, 9.17) is 42.1 Å². The van der Waals surface area contributed by atoms with Crippen LogP contribution in [0.1, 0.15) is 46.1 Å². The van der Waals surface area contributed by atoms with E-state index < -0.39 is 0 Å². The Balaban J connectivity index is 1.19. The molecule has 2 fully saturated rings. The summed E-state index contributed by atoms with van der Waals surface area (Å²) in [5.74, 6) is 2.58. The first-order chi connectivity index (χ1) is 21.4. The topological polar surface area (TPSA) is 93.2 Å². The molecule has 3 heterocycles. The molecular weight excluding hydrogens is 615 g/mol. The van der Waals surface area contributed by atoms with Crippen molar-refractivity contribution >= 4 is 40.5 Å². The molecule has 45 heavy (non-hydrogen) atoms. The summed E-state index contributed by atoms with van der Waals surface area (Å²) in [6.45, 7) is 13.3. The van der Waals surface area contributed by atoms with Gasteiger partial charge in [0, 0.05) is 66.7 Å². The zero-order chi connectivity index (χ0) is 32.4. The molecule has 1 aromatic heterocycles. The standard InChI is InChI=1S/C33H44Cl2N6O4/c1-32(2)16-22(17-33(3,4)39-32)40-10-12-41(13-11-40)25-9-8-21(14-26(25)42-5)38-31-36-18-23(19-37-31)45-20-24-29(34)27(43-6)15-28(44-7)30(24)35/h8-9,14-15,18-19,22,39H,10-13,16-17,20H2,1-7H3,(H,36,37,38). The molecule has 12 heteroatoms. The number of hydrogen-bond donors (Lipinski definition) is 2. The lowest BCUT2D eigenvalue weighted by molar-refractivity contribution is 0.0627. The zero-order valence-electron chi connectivity index (χ0n) is 27.2. The predicted octanol–water partition coefficient (Wildman–Crippen LogP) is 6.56. The van der Waals surface area contributed by atoms with Crippen molar-refractivity contribution in [3.8, 4) is 23.0 Å². The molecule has 0 spiro atoms. The van der Waals surface area contributed by atoms with Crippen LogP contribution in [0.2, 0.25) is 10.0 Å². The van der Waals surface area contributed by atoms with E-state index in [-0.39, 0.29) is 17.7 Å².